The van der Waals surface area contributed by atoms with Gasteiger partial charge in [0, 0.05) is 0 Å². The molecule has 0 amide bonds. The zero-order valence-corrected chi connectivity index (χ0v) is 13.7. The third kappa shape index (κ3) is 3.03. The molecule has 2 unspecified atom stereocenters. The molecular formula is C16H17IOS. The zero-order valence-electron chi connectivity index (χ0n) is 10.7. The molecule has 100 valence electrons. The molecule has 0 aliphatic heterocycles. The second-order valence-corrected chi connectivity index (χ2v) is 8.03. The first kappa shape index (κ1) is 13.6. The van der Waals surface area contributed by atoms with E-state index in [0.29, 0.717) is 5.92 Å². The summed E-state index contributed by atoms with van der Waals surface area (Å²) in [4.78, 5) is 0. The van der Waals surface area contributed by atoms with Gasteiger partial charge in [-0.25, -0.2) is 0 Å². The van der Waals surface area contributed by atoms with Gasteiger partial charge in [0.05, 0.1) is 8.99 Å². The molecule has 3 heteroatoms. The highest BCUT2D eigenvalue weighted by molar-refractivity contribution is 14.1. The number of aliphatic hydroxyl groups is 1. The van der Waals surface area contributed by atoms with E-state index in [2.05, 4.69) is 58.3 Å². The van der Waals surface area contributed by atoms with Crippen molar-refractivity contribution in [1.29, 1.82) is 0 Å². The molecule has 1 aliphatic carbocycles. The Labute approximate surface area is 131 Å². The van der Waals surface area contributed by atoms with Crippen LogP contribution in [0.1, 0.15) is 48.0 Å². The monoisotopic (exact) mass is 384 g/mol. The van der Waals surface area contributed by atoms with Crippen molar-refractivity contribution in [1.82, 2.24) is 0 Å². The lowest BCUT2D eigenvalue weighted by Gasteiger charge is -2.27. The smallest absolute Gasteiger partial charge is 0.0804 e. The number of rotatable bonds is 3. The van der Waals surface area contributed by atoms with Gasteiger partial charge in [-0.15, -0.1) is 11.3 Å². The van der Waals surface area contributed by atoms with Gasteiger partial charge in [0.2, 0.25) is 0 Å². The second kappa shape index (κ2) is 5.94. The summed E-state index contributed by atoms with van der Waals surface area (Å²) >= 11 is 4.02. The number of fused-ring (bicyclic) bond motifs is 1. The molecule has 1 heterocycles. The Morgan fingerprint density at radius 3 is 3.00 bits per heavy atom. The first-order valence-electron chi connectivity index (χ1n) is 6.74. The molecule has 2 aromatic rings. The van der Waals surface area contributed by atoms with Gasteiger partial charge in [-0.05, 0) is 82.3 Å². The molecule has 1 nitrogen and oxygen atoms in total. The standard InChI is InChI=1S/C16H17IOS/c17-16-9-13(10-19-16)15(18)8-12-6-3-5-11-4-1-2-7-14(11)12/h1-2,4,7,9-10,12,15,18H,3,5-6,8H2. The van der Waals surface area contributed by atoms with E-state index in [0.717, 1.165) is 12.0 Å². The van der Waals surface area contributed by atoms with Crippen molar-refractivity contribution < 1.29 is 5.11 Å². The Balaban J connectivity index is 1.77. The number of hydrogen-bond acceptors (Lipinski definition) is 2. The van der Waals surface area contributed by atoms with Crippen LogP contribution in [-0.4, -0.2) is 5.11 Å². The van der Waals surface area contributed by atoms with E-state index in [1.165, 1.54) is 33.3 Å². The molecule has 2 atom stereocenters. The third-order valence-corrected chi connectivity index (χ3v) is 5.78. The number of thiophene rings is 1. The predicted molar refractivity (Wildman–Crippen MR) is 88.7 cm³/mol. The Bertz CT molecular complexity index is 563. The first-order valence-corrected chi connectivity index (χ1v) is 8.69. The van der Waals surface area contributed by atoms with Gasteiger partial charge in [0.1, 0.15) is 0 Å². The minimum Gasteiger partial charge on any atom is -0.388 e. The van der Waals surface area contributed by atoms with Crippen molar-refractivity contribution in [2.75, 3.05) is 0 Å². The van der Waals surface area contributed by atoms with Crippen LogP contribution in [-0.2, 0) is 6.42 Å². The van der Waals surface area contributed by atoms with Crippen LogP contribution in [0.15, 0.2) is 35.7 Å². The normalized spacial score (nSPS) is 20.0. The van der Waals surface area contributed by atoms with Crippen LogP contribution in [0.5, 0.6) is 0 Å². The molecule has 0 bridgehead atoms. The molecule has 19 heavy (non-hydrogen) atoms. The van der Waals surface area contributed by atoms with E-state index >= 15 is 0 Å². The van der Waals surface area contributed by atoms with E-state index in [1.807, 2.05) is 0 Å². The number of aryl methyl sites for hydroxylation is 1. The predicted octanol–water partition coefficient (Wildman–Crippen LogP) is 4.90. The average molecular weight is 384 g/mol. The number of hydrogen-bond donors (Lipinski definition) is 1. The summed E-state index contributed by atoms with van der Waals surface area (Å²) in [6.45, 7) is 0. The fourth-order valence-electron chi connectivity index (χ4n) is 3.00. The quantitative estimate of drug-likeness (QED) is 0.747. The highest BCUT2D eigenvalue weighted by Gasteiger charge is 2.23. The van der Waals surface area contributed by atoms with Crippen molar-refractivity contribution in [2.24, 2.45) is 0 Å². The van der Waals surface area contributed by atoms with Gasteiger partial charge in [0.25, 0.3) is 0 Å². The molecule has 0 saturated carbocycles. The summed E-state index contributed by atoms with van der Waals surface area (Å²) in [5.41, 5.74) is 4.01. The van der Waals surface area contributed by atoms with Gasteiger partial charge in [-0.1, -0.05) is 24.3 Å². The summed E-state index contributed by atoms with van der Waals surface area (Å²) in [6, 6.07) is 10.8. The van der Waals surface area contributed by atoms with E-state index < -0.39 is 0 Å². The number of halogens is 1. The van der Waals surface area contributed by atoms with Gasteiger partial charge in [0.15, 0.2) is 0 Å². The highest BCUT2D eigenvalue weighted by Crippen LogP contribution is 2.38. The van der Waals surface area contributed by atoms with Crippen molar-refractivity contribution in [2.45, 2.75) is 37.7 Å². The molecule has 1 N–H and O–H groups in total. The molecule has 0 spiro atoms. The summed E-state index contributed by atoms with van der Waals surface area (Å²) in [6.07, 6.45) is 4.17. The molecule has 1 aromatic heterocycles. The largest absolute Gasteiger partial charge is 0.388 e. The zero-order chi connectivity index (χ0) is 13.2. The SMILES string of the molecule is OC(CC1CCCc2ccccc21)c1csc(I)c1. The van der Waals surface area contributed by atoms with Crippen LogP contribution in [0.3, 0.4) is 0 Å². The van der Waals surface area contributed by atoms with E-state index in [9.17, 15) is 5.11 Å². The third-order valence-electron chi connectivity index (χ3n) is 3.97. The topological polar surface area (TPSA) is 20.2 Å². The van der Waals surface area contributed by atoms with Gasteiger partial charge in [-0.2, -0.15) is 0 Å². The van der Waals surface area contributed by atoms with Crippen molar-refractivity contribution in [3.05, 3.63) is 55.3 Å². The summed E-state index contributed by atoms with van der Waals surface area (Å²) in [5, 5.41) is 12.5. The Morgan fingerprint density at radius 2 is 2.21 bits per heavy atom. The molecule has 0 saturated heterocycles. The maximum Gasteiger partial charge on any atom is 0.0804 e. The van der Waals surface area contributed by atoms with Crippen molar-refractivity contribution in [3.8, 4) is 0 Å². The summed E-state index contributed by atoms with van der Waals surface area (Å²) in [5.74, 6) is 0.512. The van der Waals surface area contributed by atoms with Crippen LogP contribution < -0.4 is 0 Å². The molecule has 1 aliphatic rings. The van der Waals surface area contributed by atoms with Gasteiger partial charge >= 0.3 is 0 Å². The van der Waals surface area contributed by atoms with Crippen LogP contribution in [0, 0.1) is 2.88 Å². The van der Waals surface area contributed by atoms with E-state index in [1.54, 1.807) is 11.3 Å². The lowest BCUT2D eigenvalue weighted by atomic mass is 9.79. The Kier molecular flexibility index (Phi) is 4.24. The first-order chi connectivity index (χ1) is 9.24. The molecule has 1 aromatic carbocycles. The molecular weight excluding hydrogens is 367 g/mol. The summed E-state index contributed by atoms with van der Waals surface area (Å²) < 4.78 is 1.25. The minimum atomic E-state index is -0.323. The van der Waals surface area contributed by atoms with Gasteiger partial charge < -0.3 is 5.11 Å². The van der Waals surface area contributed by atoms with Crippen molar-refractivity contribution in [3.63, 3.8) is 0 Å². The number of benzene rings is 1. The maximum atomic E-state index is 10.4. The molecule has 0 radical (unpaired) electrons. The van der Waals surface area contributed by atoms with Crippen LogP contribution in [0.25, 0.3) is 0 Å². The Morgan fingerprint density at radius 1 is 1.37 bits per heavy atom. The maximum absolute atomic E-state index is 10.4. The molecule has 3 rings (SSSR count). The summed E-state index contributed by atoms with van der Waals surface area (Å²) in [7, 11) is 0. The highest BCUT2D eigenvalue weighted by atomic mass is 127. The van der Waals surface area contributed by atoms with E-state index in [-0.39, 0.29) is 6.10 Å². The molecule has 0 fully saturated rings. The Hall–Kier alpha value is -0.390. The van der Waals surface area contributed by atoms with Crippen LogP contribution in [0.2, 0.25) is 0 Å². The lowest BCUT2D eigenvalue weighted by Crippen LogP contribution is -2.12. The average Bonchev–Trinajstić information content (AvgIpc) is 2.86. The lowest BCUT2D eigenvalue weighted by molar-refractivity contribution is 0.154. The van der Waals surface area contributed by atoms with E-state index in [4.69, 9.17) is 0 Å². The van der Waals surface area contributed by atoms with Crippen molar-refractivity contribution >= 4 is 33.9 Å². The van der Waals surface area contributed by atoms with Crippen LogP contribution >= 0.6 is 33.9 Å². The van der Waals surface area contributed by atoms with Crippen LogP contribution in [0.4, 0.5) is 0 Å². The second-order valence-electron chi connectivity index (χ2n) is 5.22. The number of aliphatic hydroxyl groups excluding tert-OH is 1. The fourth-order valence-corrected chi connectivity index (χ4v) is 4.42. The fraction of sp³-hybridized carbons (Fsp3) is 0.375. The minimum absolute atomic E-state index is 0.323. The van der Waals surface area contributed by atoms with Gasteiger partial charge in [-0.3, -0.25) is 0 Å².